The van der Waals surface area contributed by atoms with Gasteiger partial charge in [0.15, 0.2) is 0 Å². The highest BCUT2D eigenvalue weighted by atomic mass is 32.1. The standard InChI is InChI=1S/C16H26N2O3S/c1-11-12(2)22-13(17-11)9-20-16(6)7-8-18(10-16)14(19)21-15(3,4)5/h7-10H2,1-6H3. The smallest absolute Gasteiger partial charge is 0.410 e. The Kier molecular flexibility index (Phi) is 4.82. The highest BCUT2D eigenvalue weighted by molar-refractivity contribution is 7.11. The maximum atomic E-state index is 12.1. The molecule has 1 aliphatic heterocycles. The molecule has 0 saturated carbocycles. The molecule has 1 aromatic rings. The quantitative estimate of drug-likeness (QED) is 0.850. The number of hydrogen-bond donors (Lipinski definition) is 0. The van der Waals surface area contributed by atoms with E-state index in [0.29, 0.717) is 19.7 Å². The first-order chi connectivity index (χ1) is 10.1. The molecule has 2 heterocycles. The van der Waals surface area contributed by atoms with Crippen molar-refractivity contribution in [1.29, 1.82) is 0 Å². The minimum Gasteiger partial charge on any atom is -0.444 e. The van der Waals surface area contributed by atoms with Gasteiger partial charge in [-0.25, -0.2) is 9.78 Å². The Morgan fingerprint density at radius 2 is 2.09 bits per heavy atom. The summed E-state index contributed by atoms with van der Waals surface area (Å²) in [5.74, 6) is 0. The first-order valence-corrected chi connectivity index (χ1v) is 8.44. The molecule has 1 saturated heterocycles. The van der Waals surface area contributed by atoms with Gasteiger partial charge in [-0.3, -0.25) is 0 Å². The van der Waals surface area contributed by atoms with Crippen LogP contribution in [-0.2, 0) is 16.1 Å². The normalized spacial score (nSPS) is 22.2. The minimum absolute atomic E-state index is 0.263. The fourth-order valence-electron chi connectivity index (χ4n) is 2.37. The molecule has 5 nitrogen and oxygen atoms in total. The SMILES string of the molecule is Cc1nc(COC2(C)CCN(C(=O)OC(C)(C)C)C2)sc1C. The second-order valence-corrected chi connectivity index (χ2v) is 8.43. The third-order valence-electron chi connectivity index (χ3n) is 3.70. The van der Waals surface area contributed by atoms with Crippen LogP contribution in [0.3, 0.4) is 0 Å². The van der Waals surface area contributed by atoms with Crippen molar-refractivity contribution in [3.63, 3.8) is 0 Å². The van der Waals surface area contributed by atoms with Crippen LogP contribution in [0, 0.1) is 13.8 Å². The van der Waals surface area contributed by atoms with E-state index in [9.17, 15) is 4.79 Å². The Bertz CT molecular complexity index is 531. The van der Waals surface area contributed by atoms with Gasteiger partial charge >= 0.3 is 6.09 Å². The maximum Gasteiger partial charge on any atom is 0.410 e. The summed E-state index contributed by atoms with van der Waals surface area (Å²) in [6.45, 7) is 13.5. The molecule has 124 valence electrons. The minimum atomic E-state index is -0.465. The van der Waals surface area contributed by atoms with Gasteiger partial charge in [-0.1, -0.05) is 0 Å². The van der Waals surface area contributed by atoms with Crippen LogP contribution in [0.2, 0.25) is 0 Å². The van der Waals surface area contributed by atoms with Gasteiger partial charge in [0.1, 0.15) is 10.6 Å². The molecule has 22 heavy (non-hydrogen) atoms. The molecule has 1 fully saturated rings. The number of amides is 1. The molecular weight excluding hydrogens is 300 g/mol. The summed E-state index contributed by atoms with van der Waals surface area (Å²) in [7, 11) is 0. The Labute approximate surface area is 136 Å². The second-order valence-electron chi connectivity index (χ2n) is 7.14. The molecule has 1 aromatic heterocycles. The average molecular weight is 326 g/mol. The Hall–Kier alpha value is -1.14. The number of likely N-dealkylation sites (tertiary alicyclic amines) is 1. The lowest BCUT2D eigenvalue weighted by atomic mass is 10.1. The second kappa shape index (κ2) is 6.16. The van der Waals surface area contributed by atoms with Gasteiger partial charge in [0, 0.05) is 11.4 Å². The number of nitrogens with zero attached hydrogens (tertiary/aromatic N) is 2. The number of hydrogen-bond acceptors (Lipinski definition) is 5. The van der Waals surface area contributed by atoms with Crippen molar-refractivity contribution in [2.24, 2.45) is 0 Å². The average Bonchev–Trinajstić information content (AvgIpc) is 2.90. The summed E-state index contributed by atoms with van der Waals surface area (Å²) in [6.07, 6.45) is 0.552. The third-order valence-corrected chi connectivity index (χ3v) is 4.75. The summed E-state index contributed by atoms with van der Waals surface area (Å²) < 4.78 is 11.5. The number of carbonyl (C=O) groups excluding carboxylic acids is 1. The zero-order valence-electron chi connectivity index (χ0n) is 14.4. The number of rotatable bonds is 3. The van der Waals surface area contributed by atoms with Gasteiger partial charge in [0.25, 0.3) is 0 Å². The number of carbonyl (C=O) groups is 1. The van der Waals surface area contributed by atoms with Crippen LogP contribution in [0.5, 0.6) is 0 Å². The molecule has 0 spiro atoms. The molecule has 0 radical (unpaired) electrons. The van der Waals surface area contributed by atoms with E-state index in [1.54, 1.807) is 16.2 Å². The van der Waals surface area contributed by atoms with Crippen LogP contribution in [0.15, 0.2) is 0 Å². The number of aromatic nitrogens is 1. The first-order valence-electron chi connectivity index (χ1n) is 7.63. The zero-order valence-corrected chi connectivity index (χ0v) is 15.2. The lowest BCUT2D eigenvalue weighted by Crippen LogP contribution is -2.39. The van der Waals surface area contributed by atoms with E-state index < -0.39 is 5.60 Å². The molecule has 0 N–H and O–H groups in total. The van der Waals surface area contributed by atoms with E-state index in [1.165, 1.54) is 4.88 Å². The number of thiazole rings is 1. The largest absolute Gasteiger partial charge is 0.444 e. The van der Waals surface area contributed by atoms with Gasteiger partial charge < -0.3 is 14.4 Å². The molecule has 1 unspecified atom stereocenters. The van der Waals surface area contributed by atoms with E-state index >= 15 is 0 Å². The van der Waals surface area contributed by atoms with E-state index in [-0.39, 0.29) is 11.7 Å². The molecule has 6 heteroatoms. The summed E-state index contributed by atoms with van der Waals surface area (Å²) in [4.78, 5) is 19.6. The Balaban J connectivity index is 1.89. The fourth-order valence-corrected chi connectivity index (χ4v) is 3.22. The van der Waals surface area contributed by atoms with Gasteiger partial charge in [-0.05, 0) is 48.0 Å². The lowest BCUT2D eigenvalue weighted by molar-refractivity contribution is -0.0375. The monoisotopic (exact) mass is 326 g/mol. The number of ether oxygens (including phenoxy) is 2. The van der Waals surface area contributed by atoms with Crippen LogP contribution >= 0.6 is 11.3 Å². The molecule has 1 atom stereocenters. The van der Waals surface area contributed by atoms with Crippen molar-refractivity contribution >= 4 is 17.4 Å². The van der Waals surface area contributed by atoms with E-state index in [1.807, 2.05) is 34.6 Å². The van der Waals surface area contributed by atoms with Gasteiger partial charge in [-0.2, -0.15) is 0 Å². The molecule has 0 aliphatic carbocycles. The Morgan fingerprint density at radius 3 is 2.64 bits per heavy atom. The molecule has 1 aliphatic rings. The van der Waals surface area contributed by atoms with Crippen molar-refractivity contribution in [2.75, 3.05) is 13.1 Å². The van der Waals surface area contributed by atoms with E-state index in [0.717, 1.165) is 17.1 Å². The van der Waals surface area contributed by atoms with Crippen molar-refractivity contribution in [2.45, 2.75) is 65.8 Å². The van der Waals surface area contributed by atoms with Crippen LogP contribution in [0.1, 0.15) is 49.7 Å². The summed E-state index contributed by atoms with van der Waals surface area (Å²) >= 11 is 1.67. The van der Waals surface area contributed by atoms with Gasteiger partial charge in [0.05, 0.1) is 24.4 Å². The highest BCUT2D eigenvalue weighted by Crippen LogP contribution is 2.28. The predicted molar refractivity (Wildman–Crippen MR) is 87.2 cm³/mol. The van der Waals surface area contributed by atoms with Crippen molar-refractivity contribution in [3.05, 3.63) is 15.6 Å². The topological polar surface area (TPSA) is 51.7 Å². The van der Waals surface area contributed by atoms with Crippen LogP contribution < -0.4 is 0 Å². The van der Waals surface area contributed by atoms with E-state index in [4.69, 9.17) is 9.47 Å². The zero-order chi connectivity index (χ0) is 16.5. The first kappa shape index (κ1) is 17.2. The summed E-state index contributed by atoms with van der Waals surface area (Å²) in [5.41, 5.74) is 0.271. The molecular formula is C16H26N2O3S. The van der Waals surface area contributed by atoms with Crippen LogP contribution in [0.25, 0.3) is 0 Å². The van der Waals surface area contributed by atoms with Crippen molar-refractivity contribution < 1.29 is 14.3 Å². The third kappa shape index (κ3) is 4.43. The van der Waals surface area contributed by atoms with Crippen LogP contribution in [-0.4, -0.2) is 40.3 Å². The van der Waals surface area contributed by atoms with Gasteiger partial charge in [0.2, 0.25) is 0 Å². The molecule has 2 rings (SSSR count). The summed E-state index contributed by atoms with van der Waals surface area (Å²) in [6, 6.07) is 0. The predicted octanol–water partition coefficient (Wildman–Crippen LogP) is 3.68. The number of aryl methyl sites for hydroxylation is 2. The van der Waals surface area contributed by atoms with E-state index in [2.05, 4.69) is 11.9 Å². The molecule has 0 bridgehead atoms. The van der Waals surface area contributed by atoms with Crippen LogP contribution in [0.4, 0.5) is 4.79 Å². The van der Waals surface area contributed by atoms with Crippen molar-refractivity contribution in [3.8, 4) is 0 Å². The maximum absolute atomic E-state index is 12.1. The molecule has 1 amide bonds. The highest BCUT2D eigenvalue weighted by Gasteiger charge is 2.38. The van der Waals surface area contributed by atoms with Gasteiger partial charge in [-0.15, -0.1) is 11.3 Å². The Morgan fingerprint density at radius 1 is 1.41 bits per heavy atom. The summed E-state index contributed by atoms with van der Waals surface area (Å²) in [5, 5.41) is 0.993. The fraction of sp³-hybridized carbons (Fsp3) is 0.750. The van der Waals surface area contributed by atoms with Crippen molar-refractivity contribution in [1.82, 2.24) is 9.88 Å². The molecule has 0 aromatic carbocycles. The lowest BCUT2D eigenvalue weighted by Gasteiger charge is -2.27.